The Morgan fingerprint density at radius 3 is 2.00 bits per heavy atom. The summed E-state index contributed by atoms with van der Waals surface area (Å²) in [6.07, 6.45) is 0.846. The van der Waals surface area contributed by atoms with Crippen LogP contribution in [0.25, 0.3) is 0 Å². The van der Waals surface area contributed by atoms with E-state index in [1.165, 1.54) is 0 Å². The molecule has 0 saturated carbocycles. The van der Waals surface area contributed by atoms with Crippen LogP contribution in [0.5, 0.6) is 0 Å². The van der Waals surface area contributed by atoms with Crippen LogP contribution < -0.4 is 0 Å². The average molecular weight is 394 g/mol. The molecule has 0 aliphatic carbocycles. The summed E-state index contributed by atoms with van der Waals surface area (Å²) in [7, 11) is -1.88. The van der Waals surface area contributed by atoms with E-state index in [4.69, 9.17) is 13.9 Å². The molecule has 1 heterocycles. The van der Waals surface area contributed by atoms with Crippen molar-refractivity contribution in [2.45, 2.75) is 71.3 Å². The van der Waals surface area contributed by atoms with Crippen LogP contribution in [0.1, 0.15) is 41.0 Å². The zero-order chi connectivity index (χ0) is 18.5. The lowest BCUT2D eigenvalue weighted by molar-refractivity contribution is -0.163. The van der Waals surface area contributed by atoms with Crippen molar-refractivity contribution in [2.24, 2.45) is 0 Å². The van der Waals surface area contributed by atoms with Gasteiger partial charge in [0.05, 0.1) is 19.3 Å². The number of hydrogen-bond donors (Lipinski definition) is 0. The molecule has 0 spiro atoms. The van der Waals surface area contributed by atoms with Crippen molar-refractivity contribution < 1.29 is 23.5 Å². The maximum Gasteiger partial charge on any atom is 0.335 e. The summed E-state index contributed by atoms with van der Waals surface area (Å²) in [6.45, 7) is 16.1. The predicted octanol–water partition coefficient (Wildman–Crippen LogP) is 2.69. The topological polar surface area (TPSA) is 65.1 Å². The molecule has 0 aromatic rings. The van der Waals surface area contributed by atoms with Gasteiger partial charge in [-0.15, -0.1) is 0 Å². The molecule has 1 aliphatic rings. The van der Waals surface area contributed by atoms with Crippen molar-refractivity contribution in [1.29, 1.82) is 0 Å². The van der Waals surface area contributed by atoms with E-state index in [2.05, 4.69) is 33.9 Å². The minimum atomic E-state index is -1.88. The monoisotopic (exact) mass is 393 g/mol. The van der Waals surface area contributed by atoms with Crippen LogP contribution >= 0.6 is 13.5 Å². The number of ether oxygens (including phenoxy) is 2. The van der Waals surface area contributed by atoms with Crippen molar-refractivity contribution in [3.8, 4) is 0 Å². The number of likely N-dealkylation sites (tertiary alicyclic amines) is 1. The van der Waals surface area contributed by atoms with Gasteiger partial charge in [-0.25, -0.2) is 9.59 Å². The van der Waals surface area contributed by atoms with Gasteiger partial charge < -0.3 is 13.9 Å². The van der Waals surface area contributed by atoms with Gasteiger partial charge in [-0.2, -0.15) is 13.5 Å². The maximum atomic E-state index is 12.2. The second-order valence-electron chi connectivity index (χ2n) is 7.69. The van der Waals surface area contributed by atoms with Gasteiger partial charge in [0.15, 0.2) is 8.32 Å². The standard InChI is InChI=1S/C17H33NO5Si.H2S/c1-8-21-15(19)14(16(20)22-9-2)18-11-10-13(12-18)23-24(6,7)17(3,4)5;/h13-14H,8-12H2,1-7H3;1H2/t13-;/m0./s1. The van der Waals surface area contributed by atoms with E-state index in [9.17, 15) is 9.59 Å². The highest BCUT2D eigenvalue weighted by atomic mass is 32.1. The molecule has 148 valence electrons. The minimum Gasteiger partial charge on any atom is -0.464 e. The van der Waals surface area contributed by atoms with Crippen molar-refractivity contribution in [2.75, 3.05) is 26.3 Å². The van der Waals surface area contributed by atoms with Crippen LogP contribution in [0, 0.1) is 0 Å². The van der Waals surface area contributed by atoms with Crippen molar-refractivity contribution in [3.05, 3.63) is 0 Å². The van der Waals surface area contributed by atoms with Crippen LogP contribution in [0.15, 0.2) is 0 Å². The Hall–Kier alpha value is -0.573. The van der Waals surface area contributed by atoms with Gasteiger partial charge >= 0.3 is 11.9 Å². The third-order valence-electron chi connectivity index (χ3n) is 4.83. The highest BCUT2D eigenvalue weighted by Gasteiger charge is 2.44. The summed E-state index contributed by atoms with van der Waals surface area (Å²) in [5, 5.41) is 0.127. The maximum absolute atomic E-state index is 12.2. The quantitative estimate of drug-likeness (QED) is 0.376. The summed E-state index contributed by atoms with van der Waals surface area (Å²) in [6, 6.07) is -0.988. The van der Waals surface area contributed by atoms with E-state index in [0.29, 0.717) is 13.1 Å². The van der Waals surface area contributed by atoms with Crippen molar-refractivity contribution in [1.82, 2.24) is 4.90 Å². The Bertz CT molecular complexity index is 435. The van der Waals surface area contributed by atoms with Crippen molar-refractivity contribution >= 4 is 33.8 Å². The summed E-state index contributed by atoms with van der Waals surface area (Å²) in [5.74, 6) is -1.08. The largest absolute Gasteiger partial charge is 0.464 e. The number of hydrogen-bond acceptors (Lipinski definition) is 6. The number of carbonyl (C=O) groups excluding carboxylic acids is 2. The smallest absolute Gasteiger partial charge is 0.335 e. The predicted molar refractivity (Wildman–Crippen MR) is 106 cm³/mol. The van der Waals surface area contributed by atoms with Gasteiger partial charge in [-0.1, -0.05) is 20.8 Å². The number of esters is 2. The number of nitrogens with zero attached hydrogens (tertiary/aromatic N) is 1. The molecule has 1 rings (SSSR count). The fourth-order valence-electron chi connectivity index (χ4n) is 2.51. The fraction of sp³-hybridized carbons (Fsp3) is 0.882. The molecule has 8 heteroatoms. The molecule has 1 aliphatic heterocycles. The Balaban J connectivity index is 0.00000576. The highest BCUT2D eigenvalue weighted by molar-refractivity contribution is 7.59. The molecule has 0 unspecified atom stereocenters. The van der Waals surface area contributed by atoms with E-state index in [1.807, 2.05) is 4.90 Å². The Morgan fingerprint density at radius 1 is 1.12 bits per heavy atom. The Labute approximate surface area is 160 Å². The van der Waals surface area contributed by atoms with E-state index < -0.39 is 26.3 Å². The summed E-state index contributed by atoms with van der Waals surface area (Å²) < 4.78 is 16.5. The summed E-state index contributed by atoms with van der Waals surface area (Å²) >= 11 is 0. The van der Waals surface area contributed by atoms with Crippen LogP contribution in [0.3, 0.4) is 0 Å². The Morgan fingerprint density at radius 2 is 1.60 bits per heavy atom. The first-order chi connectivity index (χ1) is 11.0. The number of carbonyl (C=O) groups is 2. The van der Waals surface area contributed by atoms with Crippen molar-refractivity contribution in [3.63, 3.8) is 0 Å². The SMILES string of the molecule is CCOC(=O)C(C(=O)OCC)N1CC[C@H](O[Si](C)(C)C(C)(C)C)C1.S. The molecule has 6 nitrogen and oxygen atoms in total. The highest BCUT2D eigenvalue weighted by Crippen LogP contribution is 2.38. The normalized spacial score (nSPS) is 18.8. The first-order valence-corrected chi connectivity index (χ1v) is 11.7. The molecule has 0 aromatic heterocycles. The van der Waals surface area contributed by atoms with Crippen LogP contribution in [-0.2, 0) is 23.5 Å². The second-order valence-corrected chi connectivity index (χ2v) is 12.4. The first kappa shape index (κ1) is 24.4. The van der Waals surface area contributed by atoms with Gasteiger partial charge in [0.2, 0.25) is 6.04 Å². The molecule has 0 radical (unpaired) electrons. The molecule has 0 aromatic carbocycles. The third-order valence-corrected chi connectivity index (χ3v) is 9.36. The van der Waals surface area contributed by atoms with Gasteiger partial charge in [0.25, 0.3) is 0 Å². The van der Waals surface area contributed by atoms with E-state index in [0.717, 1.165) is 6.42 Å². The lowest BCUT2D eigenvalue weighted by atomic mass is 10.2. The molecule has 1 saturated heterocycles. The zero-order valence-electron chi connectivity index (χ0n) is 16.7. The third kappa shape index (κ3) is 6.58. The molecule has 1 atom stereocenters. The molecule has 25 heavy (non-hydrogen) atoms. The molecule has 0 N–H and O–H groups in total. The van der Waals surface area contributed by atoms with E-state index in [-0.39, 0.29) is 37.9 Å². The summed E-state index contributed by atoms with van der Waals surface area (Å²) in [5.41, 5.74) is 0. The van der Waals surface area contributed by atoms with Gasteiger partial charge in [-0.05, 0) is 38.4 Å². The van der Waals surface area contributed by atoms with Gasteiger partial charge in [0.1, 0.15) is 0 Å². The molecular formula is C17H35NO5SSi. The molecule has 0 bridgehead atoms. The van der Waals surface area contributed by atoms with Gasteiger partial charge in [0, 0.05) is 13.1 Å². The lowest BCUT2D eigenvalue weighted by Crippen LogP contribution is -2.49. The second kappa shape index (κ2) is 9.94. The van der Waals surface area contributed by atoms with E-state index >= 15 is 0 Å². The van der Waals surface area contributed by atoms with E-state index in [1.54, 1.807) is 13.8 Å². The van der Waals surface area contributed by atoms with Crippen LogP contribution in [0.2, 0.25) is 18.1 Å². The lowest BCUT2D eigenvalue weighted by Gasteiger charge is -2.38. The zero-order valence-corrected chi connectivity index (χ0v) is 18.7. The fourth-order valence-corrected chi connectivity index (χ4v) is 3.89. The molecular weight excluding hydrogens is 358 g/mol. The number of rotatable bonds is 7. The minimum absolute atomic E-state index is 0. The molecule has 1 fully saturated rings. The Kier molecular flexibility index (Phi) is 9.71. The van der Waals surface area contributed by atoms with Gasteiger partial charge in [-0.3, -0.25) is 4.90 Å². The van der Waals surface area contributed by atoms with Crippen LogP contribution in [-0.4, -0.2) is 63.6 Å². The first-order valence-electron chi connectivity index (χ1n) is 8.78. The summed E-state index contributed by atoms with van der Waals surface area (Å²) in [4.78, 5) is 26.2. The average Bonchev–Trinajstić information content (AvgIpc) is 2.85. The van der Waals surface area contributed by atoms with Crippen LogP contribution in [0.4, 0.5) is 0 Å². The molecule has 0 amide bonds.